The first-order chi connectivity index (χ1) is 9.74. The van der Waals surface area contributed by atoms with Gasteiger partial charge in [-0.2, -0.15) is 0 Å². The van der Waals surface area contributed by atoms with E-state index in [-0.39, 0.29) is 5.78 Å². The largest absolute Gasteiger partial charge is 0.379 e. The molecular formula is C16H24O4. The highest BCUT2D eigenvalue weighted by atomic mass is 16.5. The molecule has 0 aliphatic rings. The van der Waals surface area contributed by atoms with Crippen molar-refractivity contribution < 1.29 is 19.0 Å². The molecule has 1 aromatic carbocycles. The first-order valence-electron chi connectivity index (χ1n) is 7.07. The van der Waals surface area contributed by atoms with Crippen LogP contribution in [0.1, 0.15) is 36.2 Å². The fourth-order valence-corrected chi connectivity index (χ4v) is 1.61. The van der Waals surface area contributed by atoms with Gasteiger partial charge in [0.2, 0.25) is 0 Å². The first-order valence-corrected chi connectivity index (χ1v) is 7.07. The van der Waals surface area contributed by atoms with Crippen LogP contribution in [0.3, 0.4) is 0 Å². The molecule has 1 aromatic rings. The second-order valence-corrected chi connectivity index (χ2v) is 4.53. The minimum absolute atomic E-state index is 0.0798. The third kappa shape index (κ3) is 7.38. The summed E-state index contributed by atoms with van der Waals surface area (Å²) in [6.07, 6.45) is 1.03. The molecule has 112 valence electrons. The molecule has 4 nitrogen and oxygen atoms in total. The molecule has 0 aliphatic heterocycles. The average Bonchev–Trinajstić information content (AvgIpc) is 2.46. The van der Waals surface area contributed by atoms with Gasteiger partial charge in [0, 0.05) is 12.2 Å². The molecule has 0 amide bonds. The van der Waals surface area contributed by atoms with Crippen molar-refractivity contribution in [2.24, 2.45) is 0 Å². The predicted octanol–water partition coefficient (Wildman–Crippen LogP) is 2.85. The maximum Gasteiger partial charge on any atom is 0.159 e. The maximum absolute atomic E-state index is 11.1. The molecule has 20 heavy (non-hydrogen) atoms. The summed E-state index contributed by atoms with van der Waals surface area (Å²) in [6, 6.07) is 7.47. The maximum atomic E-state index is 11.1. The quantitative estimate of drug-likeness (QED) is 0.462. The predicted molar refractivity (Wildman–Crippen MR) is 78.0 cm³/mol. The van der Waals surface area contributed by atoms with Gasteiger partial charge in [0.25, 0.3) is 0 Å². The Hall–Kier alpha value is -1.23. The highest BCUT2D eigenvalue weighted by molar-refractivity contribution is 5.93. The molecule has 0 fully saturated rings. The Kier molecular flexibility index (Phi) is 8.87. The third-order valence-corrected chi connectivity index (χ3v) is 2.72. The molecule has 4 heteroatoms. The lowest BCUT2D eigenvalue weighted by Gasteiger charge is -2.07. The summed E-state index contributed by atoms with van der Waals surface area (Å²) < 4.78 is 16.2. The number of hydrogen-bond acceptors (Lipinski definition) is 4. The Labute approximate surface area is 121 Å². The zero-order valence-corrected chi connectivity index (χ0v) is 12.4. The van der Waals surface area contributed by atoms with Crippen molar-refractivity contribution in [1.29, 1.82) is 0 Å². The van der Waals surface area contributed by atoms with Gasteiger partial charge in [-0.1, -0.05) is 31.2 Å². The zero-order valence-electron chi connectivity index (χ0n) is 12.4. The summed E-state index contributed by atoms with van der Waals surface area (Å²) in [4.78, 5) is 11.1. The van der Waals surface area contributed by atoms with Gasteiger partial charge in [0.05, 0.1) is 33.0 Å². The fraction of sp³-hybridized carbons (Fsp3) is 0.562. The summed E-state index contributed by atoms with van der Waals surface area (Å²) >= 11 is 0. The van der Waals surface area contributed by atoms with Crippen molar-refractivity contribution in [2.75, 3.05) is 33.0 Å². The third-order valence-electron chi connectivity index (χ3n) is 2.72. The fourth-order valence-electron chi connectivity index (χ4n) is 1.61. The molecule has 1 rings (SSSR count). The van der Waals surface area contributed by atoms with E-state index in [2.05, 4.69) is 6.92 Å². The minimum atomic E-state index is 0.0798. The minimum Gasteiger partial charge on any atom is -0.379 e. The Morgan fingerprint density at radius 1 is 0.900 bits per heavy atom. The van der Waals surface area contributed by atoms with Gasteiger partial charge in [-0.3, -0.25) is 4.79 Å². The molecule has 0 heterocycles. The number of ketones is 1. The highest BCUT2D eigenvalue weighted by Gasteiger charge is 1.99. The van der Waals surface area contributed by atoms with E-state index in [4.69, 9.17) is 14.2 Å². The standard InChI is InChI=1S/C16H24O4/c1-3-8-18-9-10-19-11-12-20-13-15-4-6-16(7-5-15)14(2)17/h4-7H,3,8-13H2,1-2H3. The van der Waals surface area contributed by atoms with Gasteiger partial charge in [-0.05, 0) is 18.9 Å². The lowest BCUT2D eigenvalue weighted by atomic mass is 10.1. The van der Waals surface area contributed by atoms with Crippen LogP contribution < -0.4 is 0 Å². The second-order valence-electron chi connectivity index (χ2n) is 4.53. The summed E-state index contributed by atoms with van der Waals surface area (Å²) in [5, 5.41) is 0. The zero-order chi connectivity index (χ0) is 14.6. The molecule has 0 saturated carbocycles. The Bertz CT molecular complexity index is 373. The second kappa shape index (κ2) is 10.5. The lowest BCUT2D eigenvalue weighted by Crippen LogP contribution is -2.09. The molecule has 0 aliphatic carbocycles. The van der Waals surface area contributed by atoms with Gasteiger partial charge < -0.3 is 14.2 Å². The van der Waals surface area contributed by atoms with E-state index in [1.165, 1.54) is 0 Å². The van der Waals surface area contributed by atoms with Crippen LogP contribution >= 0.6 is 0 Å². The molecule has 0 bridgehead atoms. The van der Waals surface area contributed by atoms with E-state index in [0.29, 0.717) is 33.0 Å². The number of Topliss-reactive ketones (excluding diaryl/α,β-unsaturated/α-hetero) is 1. The number of benzene rings is 1. The van der Waals surface area contributed by atoms with Crippen molar-refractivity contribution in [1.82, 2.24) is 0 Å². The lowest BCUT2D eigenvalue weighted by molar-refractivity contribution is 0.0107. The van der Waals surface area contributed by atoms with Crippen molar-refractivity contribution in [3.8, 4) is 0 Å². The van der Waals surface area contributed by atoms with Crippen LogP contribution in [0.5, 0.6) is 0 Å². The molecule has 0 aromatic heterocycles. The number of hydrogen-bond donors (Lipinski definition) is 0. The van der Waals surface area contributed by atoms with Crippen LogP contribution in [0.4, 0.5) is 0 Å². The summed E-state index contributed by atoms with van der Waals surface area (Å²) in [5.41, 5.74) is 1.78. The number of rotatable bonds is 11. The van der Waals surface area contributed by atoms with E-state index in [9.17, 15) is 4.79 Å². The van der Waals surface area contributed by atoms with Gasteiger partial charge >= 0.3 is 0 Å². The van der Waals surface area contributed by atoms with Crippen molar-refractivity contribution >= 4 is 5.78 Å². The normalized spacial score (nSPS) is 10.7. The van der Waals surface area contributed by atoms with E-state index in [0.717, 1.165) is 24.2 Å². The molecule has 0 atom stereocenters. The van der Waals surface area contributed by atoms with E-state index < -0.39 is 0 Å². The highest BCUT2D eigenvalue weighted by Crippen LogP contribution is 2.06. The Balaban J connectivity index is 2.02. The number of carbonyl (C=O) groups is 1. The molecule has 0 radical (unpaired) electrons. The van der Waals surface area contributed by atoms with Crippen molar-refractivity contribution in [3.63, 3.8) is 0 Å². The van der Waals surface area contributed by atoms with Gasteiger partial charge in [0.15, 0.2) is 5.78 Å². The SMILES string of the molecule is CCCOCCOCCOCc1ccc(C(C)=O)cc1. The Morgan fingerprint density at radius 2 is 1.45 bits per heavy atom. The molecule has 0 unspecified atom stereocenters. The van der Waals surface area contributed by atoms with Gasteiger partial charge in [0.1, 0.15) is 0 Å². The van der Waals surface area contributed by atoms with E-state index in [1.54, 1.807) is 6.92 Å². The van der Waals surface area contributed by atoms with E-state index >= 15 is 0 Å². The van der Waals surface area contributed by atoms with E-state index in [1.807, 2.05) is 24.3 Å². The van der Waals surface area contributed by atoms with Crippen LogP contribution in [-0.4, -0.2) is 38.8 Å². The first kappa shape index (κ1) is 16.8. The van der Waals surface area contributed by atoms with Crippen LogP contribution in [0.2, 0.25) is 0 Å². The van der Waals surface area contributed by atoms with Crippen LogP contribution in [0, 0.1) is 0 Å². The van der Waals surface area contributed by atoms with Crippen molar-refractivity contribution in [2.45, 2.75) is 26.9 Å². The van der Waals surface area contributed by atoms with Crippen LogP contribution in [-0.2, 0) is 20.8 Å². The summed E-state index contributed by atoms with van der Waals surface area (Å²) in [5.74, 6) is 0.0798. The molecule has 0 spiro atoms. The number of ether oxygens (including phenoxy) is 3. The number of carbonyl (C=O) groups excluding carboxylic acids is 1. The van der Waals surface area contributed by atoms with Gasteiger partial charge in [-0.15, -0.1) is 0 Å². The summed E-state index contributed by atoms with van der Waals surface area (Å²) in [7, 11) is 0. The van der Waals surface area contributed by atoms with Gasteiger partial charge in [-0.25, -0.2) is 0 Å². The van der Waals surface area contributed by atoms with Crippen molar-refractivity contribution in [3.05, 3.63) is 35.4 Å². The van der Waals surface area contributed by atoms with Crippen LogP contribution in [0.15, 0.2) is 24.3 Å². The smallest absolute Gasteiger partial charge is 0.159 e. The monoisotopic (exact) mass is 280 g/mol. The topological polar surface area (TPSA) is 44.8 Å². The summed E-state index contributed by atoms with van der Waals surface area (Å²) in [6.45, 7) is 7.34. The molecular weight excluding hydrogens is 256 g/mol. The van der Waals surface area contributed by atoms with Crippen LogP contribution in [0.25, 0.3) is 0 Å². The molecule has 0 N–H and O–H groups in total. The average molecular weight is 280 g/mol. The Morgan fingerprint density at radius 3 is 2.00 bits per heavy atom. The molecule has 0 saturated heterocycles.